The molecule has 2 rings (SSSR count). The minimum atomic E-state index is -4.37. The molecule has 0 saturated carbocycles. The zero-order valence-electron chi connectivity index (χ0n) is 40.3. The summed E-state index contributed by atoms with van der Waals surface area (Å²) in [6.07, 6.45) is 28.0. The number of hydrogen-bond acceptors (Lipinski definition) is 10. The Bertz CT molecular complexity index is 1530. The molecule has 1 unspecified atom stereocenters. The Morgan fingerprint density at radius 2 is 0.952 bits per heavy atom. The molecular weight excluding hydrogens is 806 g/mol. The summed E-state index contributed by atoms with van der Waals surface area (Å²) in [6, 6.07) is 0. The number of likely N-dealkylation sites (N-methyl/N-ethyl adjacent to an activating group) is 1. The fourth-order valence-corrected chi connectivity index (χ4v) is 8.59. The van der Waals surface area contributed by atoms with E-state index < -0.39 is 26.5 Å². The SMILES string of the molecule is CCCCCc1oc(CCCCCCCCCCCCC(=O)O[C@H](COC(=O)CCCCCCCCCCc2oc(CCC)c(C)c2C)COP(=O)(O)OCCNC)c(C)c1C. The minimum absolute atomic E-state index is 0.0269. The quantitative estimate of drug-likeness (QED) is 0.0374. The van der Waals surface area contributed by atoms with Crippen molar-refractivity contribution in [3.8, 4) is 0 Å². The summed E-state index contributed by atoms with van der Waals surface area (Å²) in [5.74, 6) is 3.84. The molecule has 0 aliphatic heterocycles. The van der Waals surface area contributed by atoms with E-state index in [0.717, 1.165) is 88.6 Å². The van der Waals surface area contributed by atoms with Crippen molar-refractivity contribution in [3.05, 3.63) is 45.3 Å². The van der Waals surface area contributed by atoms with Crippen LogP contribution in [0.15, 0.2) is 8.83 Å². The molecule has 0 aliphatic rings. The summed E-state index contributed by atoms with van der Waals surface area (Å²) in [5.41, 5.74) is 5.32. The van der Waals surface area contributed by atoms with Gasteiger partial charge in [0.25, 0.3) is 0 Å². The van der Waals surface area contributed by atoms with E-state index in [1.807, 2.05) is 0 Å². The Morgan fingerprint density at radius 1 is 0.548 bits per heavy atom. The Hall–Kier alpha value is -2.43. The number of esters is 2. The highest BCUT2D eigenvalue weighted by atomic mass is 31.2. The van der Waals surface area contributed by atoms with Crippen molar-refractivity contribution in [3.63, 3.8) is 0 Å². The fraction of sp³-hybridized carbons (Fsp3) is 0.800. The molecule has 0 aliphatic carbocycles. The van der Waals surface area contributed by atoms with E-state index in [2.05, 4.69) is 46.9 Å². The smallest absolute Gasteiger partial charge is 0.466 e. The molecule has 2 aromatic heterocycles. The highest BCUT2D eigenvalue weighted by Crippen LogP contribution is 2.43. The van der Waals surface area contributed by atoms with Gasteiger partial charge in [-0.3, -0.25) is 18.6 Å². The maximum atomic E-state index is 12.7. The number of rotatable bonds is 40. The van der Waals surface area contributed by atoms with Gasteiger partial charge in [0.05, 0.1) is 13.2 Å². The molecule has 358 valence electrons. The average molecular weight is 894 g/mol. The van der Waals surface area contributed by atoms with Crippen LogP contribution < -0.4 is 5.32 Å². The molecule has 0 aromatic carbocycles. The molecule has 11 nitrogen and oxygen atoms in total. The van der Waals surface area contributed by atoms with Crippen molar-refractivity contribution in [2.24, 2.45) is 0 Å². The third-order valence-electron chi connectivity index (χ3n) is 12.1. The average Bonchev–Trinajstić information content (AvgIpc) is 3.67. The molecule has 2 N–H and O–H groups in total. The lowest BCUT2D eigenvalue weighted by Crippen LogP contribution is -2.29. The van der Waals surface area contributed by atoms with Crippen molar-refractivity contribution in [2.45, 2.75) is 227 Å². The second-order valence-electron chi connectivity index (χ2n) is 17.5. The van der Waals surface area contributed by atoms with Gasteiger partial charge in [0.15, 0.2) is 6.10 Å². The lowest BCUT2D eigenvalue weighted by molar-refractivity contribution is -0.161. The largest absolute Gasteiger partial charge is 0.472 e. The normalized spacial score (nSPS) is 13.1. The van der Waals surface area contributed by atoms with E-state index >= 15 is 0 Å². The molecule has 0 spiro atoms. The summed E-state index contributed by atoms with van der Waals surface area (Å²) in [7, 11) is -2.67. The number of unbranched alkanes of at least 4 members (excludes halogenated alkanes) is 18. The summed E-state index contributed by atoms with van der Waals surface area (Å²) >= 11 is 0. The van der Waals surface area contributed by atoms with E-state index in [-0.39, 0.29) is 32.0 Å². The Labute approximate surface area is 376 Å². The summed E-state index contributed by atoms with van der Waals surface area (Å²) < 4.78 is 45.8. The summed E-state index contributed by atoms with van der Waals surface area (Å²) in [4.78, 5) is 35.4. The predicted octanol–water partition coefficient (Wildman–Crippen LogP) is 13.2. The first-order chi connectivity index (χ1) is 29.9. The molecule has 0 fully saturated rings. The summed E-state index contributed by atoms with van der Waals surface area (Å²) in [5, 5.41) is 2.83. The van der Waals surface area contributed by atoms with Crippen LogP contribution in [0.4, 0.5) is 0 Å². The van der Waals surface area contributed by atoms with Gasteiger partial charge in [-0.05, 0) is 95.5 Å². The van der Waals surface area contributed by atoms with Crippen LogP contribution >= 0.6 is 7.82 Å². The summed E-state index contributed by atoms with van der Waals surface area (Å²) in [6.45, 7) is 12.8. The highest BCUT2D eigenvalue weighted by molar-refractivity contribution is 7.47. The van der Waals surface area contributed by atoms with Crippen LogP contribution in [0.5, 0.6) is 0 Å². The van der Waals surface area contributed by atoms with Gasteiger partial charge in [0, 0.05) is 45.1 Å². The van der Waals surface area contributed by atoms with Crippen molar-refractivity contribution in [1.29, 1.82) is 0 Å². The van der Waals surface area contributed by atoms with Gasteiger partial charge >= 0.3 is 19.8 Å². The number of phosphoric acid groups is 1. The third-order valence-corrected chi connectivity index (χ3v) is 13.1. The molecule has 62 heavy (non-hydrogen) atoms. The van der Waals surface area contributed by atoms with Crippen molar-refractivity contribution >= 4 is 19.8 Å². The lowest BCUT2D eigenvalue weighted by atomic mass is 10.0. The Kier molecular flexibility index (Phi) is 30.5. The van der Waals surface area contributed by atoms with Crippen LogP contribution in [0.3, 0.4) is 0 Å². The van der Waals surface area contributed by atoms with E-state index in [1.54, 1.807) is 7.05 Å². The van der Waals surface area contributed by atoms with Gasteiger partial charge in [-0.1, -0.05) is 117 Å². The minimum Gasteiger partial charge on any atom is -0.466 e. The second-order valence-corrected chi connectivity index (χ2v) is 18.9. The van der Waals surface area contributed by atoms with Crippen LogP contribution in [0.2, 0.25) is 0 Å². The first-order valence-electron chi connectivity index (χ1n) is 24.7. The number of ether oxygens (including phenoxy) is 2. The predicted molar refractivity (Wildman–Crippen MR) is 250 cm³/mol. The van der Waals surface area contributed by atoms with Crippen molar-refractivity contribution in [1.82, 2.24) is 5.32 Å². The zero-order chi connectivity index (χ0) is 45.4. The molecule has 0 amide bonds. The molecular formula is C50H88NO10P. The van der Waals surface area contributed by atoms with Crippen LogP contribution in [0.25, 0.3) is 0 Å². The molecule has 0 bridgehead atoms. The Morgan fingerprint density at radius 3 is 1.39 bits per heavy atom. The van der Waals surface area contributed by atoms with Gasteiger partial charge < -0.3 is 28.5 Å². The molecule has 2 aromatic rings. The molecule has 2 heterocycles. The maximum absolute atomic E-state index is 12.7. The number of furan rings is 2. The zero-order valence-corrected chi connectivity index (χ0v) is 41.2. The van der Waals surface area contributed by atoms with Gasteiger partial charge in [-0.25, -0.2) is 4.57 Å². The number of nitrogens with one attached hydrogen (secondary N) is 1. The number of hydrogen-bond donors (Lipinski definition) is 2. The second kappa shape index (κ2) is 34.0. The number of aryl methyl sites for hydroxylation is 4. The molecule has 0 radical (unpaired) electrons. The van der Waals surface area contributed by atoms with Crippen molar-refractivity contribution in [2.75, 3.05) is 33.4 Å². The van der Waals surface area contributed by atoms with Crippen LogP contribution in [-0.4, -0.2) is 56.3 Å². The lowest BCUT2D eigenvalue weighted by Gasteiger charge is -2.20. The van der Waals surface area contributed by atoms with Crippen LogP contribution in [0, 0.1) is 27.7 Å². The Balaban J connectivity index is 1.57. The number of carbonyl (C=O) groups excluding carboxylic acids is 2. The third kappa shape index (κ3) is 24.6. The van der Waals surface area contributed by atoms with E-state index in [0.29, 0.717) is 19.4 Å². The standard InChI is InChI=1S/C50H88NO10P/c1-8-10-25-31-46-42(5)43(6)48(61-46)33-27-21-17-13-11-12-14-20-24-29-35-50(53)59-44(39-58-62(54,55)57-37-36-51-7)38-56-49(52)34-28-23-19-16-15-18-22-26-32-47-41(4)40(3)45(60-47)30-9-2/h44,51H,8-39H2,1-7H3,(H,54,55)/t44-/m1/s1. The van der Waals surface area contributed by atoms with E-state index in [9.17, 15) is 19.0 Å². The van der Waals surface area contributed by atoms with Gasteiger partial charge in [0.1, 0.15) is 29.6 Å². The topological polar surface area (TPSA) is 147 Å². The fourth-order valence-electron chi connectivity index (χ4n) is 7.84. The molecule has 12 heteroatoms. The van der Waals surface area contributed by atoms with Gasteiger partial charge in [-0.2, -0.15) is 0 Å². The first-order valence-corrected chi connectivity index (χ1v) is 26.2. The molecule has 2 atom stereocenters. The maximum Gasteiger partial charge on any atom is 0.472 e. The van der Waals surface area contributed by atoms with Gasteiger partial charge in [0.2, 0.25) is 0 Å². The monoisotopic (exact) mass is 894 g/mol. The van der Waals surface area contributed by atoms with E-state index in [1.165, 1.54) is 111 Å². The number of carbonyl (C=O) groups is 2. The van der Waals surface area contributed by atoms with Crippen LogP contribution in [-0.2, 0) is 58.4 Å². The first kappa shape index (κ1) is 55.7. The van der Waals surface area contributed by atoms with Gasteiger partial charge in [-0.15, -0.1) is 0 Å². The van der Waals surface area contributed by atoms with Crippen molar-refractivity contribution < 1.29 is 46.4 Å². The number of phosphoric ester groups is 1. The highest BCUT2D eigenvalue weighted by Gasteiger charge is 2.26. The van der Waals surface area contributed by atoms with E-state index in [4.69, 9.17) is 27.4 Å². The molecule has 0 saturated heterocycles. The van der Waals surface area contributed by atoms with Crippen LogP contribution in [0.1, 0.15) is 213 Å².